The summed E-state index contributed by atoms with van der Waals surface area (Å²) >= 11 is 0. The van der Waals surface area contributed by atoms with Crippen LogP contribution < -0.4 is 26.2 Å². The Morgan fingerprint density at radius 1 is 0.219 bits per heavy atom. The molecular formula is C102H93BN2. The minimum Gasteiger partial charge on any atom is -0.310 e. The van der Waals surface area contributed by atoms with Crippen molar-refractivity contribution in [1.82, 2.24) is 0 Å². The van der Waals surface area contributed by atoms with Gasteiger partial charge in [-0.25, -0.2) is 0 Å². The third-order valence-corrected chi connectivity index (χ3v) is 22.7. The van der Waals surface area contributed by atoms with Crippen LogP contribution in [-0.2, 0) is 27.1 Å². The molecule has 0 aliphatic carbocycles. The molecule has 0 amide bonds. The second kappa shape index (κ2) is 24.8. The van der Waals surface area contributed by atoms with Crippen molar-refractivity contribution in [3.8, 4) is 77.9 Å². The first-order valence-corrected chi connectivity index (χ1v) is 37.8. The molecule has 0 spiro atoms. The van der Waals surface area contributed by atoms with E-state index in [-0.39, 0.29) is 33.8 Å². The molecule has 2 aliphatic heterocycles. The van der Waals surface area contributed by atoms with E-state index < -0.39 is 0 Å². The molecule has 514 valence electrons. The van der Waals surface area contributed by atoms with E-state index in [1.807, 2.05) is 0 Å². The van der Waals surface area contributed by atoms with Crippen molar-refractivity contribution in [2.75, 3.05) is 9.80 Å². The maximum atomic E-state index is 2.74. The fourth-order valence-electron chi connectivity index (χ4n) is 16.8. The molecule has 2 nitrogen and oxygen atoms in total. The Morgan fingerprint density at radius 3 is 0.962 bits per heavy atom. The molecule has 105 heavy (non-hydrogen) atoms. The van der Waals surface area contributed by atoms with E-state index in [4.69, 9.17) is 0 Å². The van der Waals surface area contributed by atoms with Crippen LogP contribution in [0.5, 0.6) is 0 Å². The van der Waals surface area contributed by atoms with Crippen molar-refractivity contribution >= 4 is 89.5 Å². The summed E-state index contributed by atoms with van der Waals surface area (Å²) in [5, 5.41) is 7.79. The Morgan fingerprint density at radius 2 is 0.552 bits per heavy atom. The molecule has 0 bridgehead atoms. The minimum atomic E-state index is -0.273. The zero-order chi connectivity index (χ0) is 72.8. The van der Waals surface area contributed by atoms with E-state index in [2.05, 4.69) is 405 Å². The van der Waals surface area contributed by atoms with Gasteiger partial charge in [-0.15, -0.1) is 0 Å². The van der Waals surface area contributed by atoms with Gasteiger partial charge in [0.05, 0.1) is 11.4 Å². The topological polar surface area (TPSA) is 6.48 Å². The summed E-state index contributed by atoms with van der Waals surface area (Å²) in [5.41, 5.74) is 33.0. The predicted octanol–water partition coefficient (Wildman–Crippen LogP) is 26.8. The normalized spacial score (nSPS) is 13.2. The van der Waals surface area contributed by atoms with Crippen LogP contribution in [0.4, 0.5) is 34.1 Å². The molecule has 15 aromatic rings. The molecule has 15 aromatic carbocycles. The smallest absolute Gasteiger partial charge is 0.252 e. The lowest BCUT2D eigenvalue weighted by molar-refractivity contribution is 0.590. The van der Waals surface area contributed by atoms with Crippen LogP contribution in [0.25, 0.3) is 110 Å². The van der Waals surface area contributed by atoms with Gasteiger partial charge in [-0.1, -0.05) is 334 Å². The van der Waals surface area contributed by atoms with Crippen LogP contribution in [0.15, 0.2) is 291 Å². The SMILES string of the molecule is CC(C)(C)c1ccc(-c2cc3c4c(c2)N(c2c(-c5ccccc5)cc(C(C)(C)C)cc2-c2ccccc2)c2ccc(-c5cc6cc(C(C)(C)C)cc7ccc8cc(C(C)(C)C)cc5c8c76)cc2B4c2cc(-c4ccccc4)ccc2N3c2c(-c3ccccc3)cc(C(C)(C)C)cc2-c2ccccc2)cc1. The monoisotopic (exact) mass is 1360 g/mol. The van der Waals surface area contributed by atoms with E-state index in [1.165, 1.54) is 121 Å². The van der Waals surface area contributed by atoms with Gasteiger partial charge in [-0.3, -0.25) is 0 Å². The molecule has 0 saturated heterocycles. The van der Waals surface area contributed by atoms with E-state index in [1.54, 1.807) is 0 Å². The molecule has 0 N–H and O–H groups in total. The third kappa shape index (κ3) is 11.8. The molecule has 0 fully saturated rings. The fraction of sp³-hybridized carbons (Fsp3) is 0.196. The molecular weight excluding hydrogens is 1260 g/mol. The first kappa shape index (κ1) is 67.2. The number of hydrogen-bond donors (Lipinski definition) is 0. The second-order valence-electron chi connectivity index (χ2n) is 35.0. The van der Waals surface area contributed by atoms with Gasteiger partial charge in [0.2, 0.25) is 0 Å². The Bertz CT molecular complexity index is 5740. The van der Waals surface area contributed by atoms with E-state index in [0.717, 1.165) is 67.5 Å². The second-order valence-corrected chi connectivity index (χ2v) is 35.0. The van der Waals surface area contributed by atoms with Crippen molar-refractivity contribution in [2.45, 2.75) is 131 Å². The summed E-state index contributed by atoms with van der Waals surface area (Å²) < 4.78 is 0. The summed E-state index contributed by atoms with van der Waals surface area (Å²) in [6.07, 6.45) is 0. The average Bonchev–Trinajstić information content (AvgIpc) is 0.682. The number of anilines is 6. The van der Waals surface area contributed by atoms with Gasteiger partial charge in [-0.05, 0) is 220 Å². The first-order chi connectivity index (χ1) is 50.2. The predicted molar refractivity (Wildman–Crippen MR) is 456 cm³/mol. The molecule has 0 unspecified atom stereocenters. The van der Waals surface area contributed by atoms with Crippen LogP contribution in [0.1, 0.15) is 132 Å². The fourth-order valence-corrected chi connectivity index (χ4v) is 16.8. The lowest BCUT2D eigenvalue weighted by Crippen LogP contribution is -2.61. The minimum absolute atomic E-state index is 0.0466. The number of hydrogen-bond acceptors (Lipinski definition) is 2. The molecule has 0 radical (unpaired) electrons. The summed E-state index contributed by atoms with van der Waals surface area (Å²) in [4.78, 5) is 5.46. The van der Waals surface area contributed by atoms with Crippen molar-refractivity contribution in [2.24, 2.45) is 0 Å². The maximum Gasteiger partial charge on any atom is 0.252 e. The molecule has 0 aromatic heterocycles. The molecule has 2 heterocycles. The quantitative estimate of drug-likeness (QED) is 0.105. The lowest BCUT2D eigenvalue weighted by atomic mass is 9.33. The average molecular weight is 1360 g/mol. The highest BCUT2D eigenvalue weighted by atomic mass is 15.2. The van der Waals surface area contributed by atoms with Gasteiger partial charge in [-0.2, -0.15) is 0 Å². The van der Waals surface area contributed by atoms with E-state index in [9.17, 15) is 0 Å². The van der Waals surface area contributed by atoms with Gasteiger partial charge in [0, 0.05) is 45.0 Å². The highest BCUT2D eigenvalue weighted by Crippen LogP contribution is 2.56. The van der Waals surface area contributed by atoms with E-state index >= 15 is 0 Å². The van der Waals surface area contributed by atoms with Crippen LogP contribution in [0.3, 0.4) is 0 Å². The van der Waals surface area contributed by atoms with Crippen LogP contribution >= 0.6 is 0 Å². The number of rotatable bonds is 9. The maximum absolute atomic E-state index is 2.74. The van der Waals surface area contributed by atoms with Gasteiger partial charge in [0.25, 0.3) is 6.71 Å². The number of benzene rings is 15. The van der Waals surface area contributed by atoms with Gasteiger partial charge >= 0.3 is 0 Å². The largest absolute Gasteiger partial charge is 0.310 e. The standard InChI is InChI=1S/C102H93BN2/c1-98(2,3)76-47-43-65(44-48-76)74-57-91-95-92(58-74)105(97-84(68-37-27-19-28-38-68)61-80(102(13,14)15)62-85(97)69-39-29-20-30-40-69)90-50-46-71(81-54-75-53-77(99(4,5)6)51-72-41-42-73-52-78(100(7,8)9)63-86(81)94(73)93(72)75)56-88(90)103(95)87-55-70(64-31-21-16-22-32-64)45-49-89(87)104(91)96-82(66-33-23-17-24-34-66)59-79(101(10,11)12)60-83(96)67-35-25-18-26-36-67/h16-63H,1-15H3. The Balaban J connectivity index is 1.08. The summed E-state index contributed by atoms with van der Waals surface area (Å²) in [5.74, 6) is 0. The summed E-state index contributed by atoms with van der Waals surface area (Å²) in [6, 6.07) is 113. The van der Waals surface area contributed by atoms with Gasteiger partial charge in [0.15, 0.2) is 0 Å². The first-order valence-electron chi connectivity index (χ1n) is 37.8. The van der Waals surface area contributed by atoms with Gasteiger partial charge < -0.3 is 9.80 Å². The third-order valence-electron chi connectivity index (χ3n) is 22.7. The van der Waals surface area contributed by atoms with Crippen LogP contribution in [0.2, 0.25) is 0 Å². The van der Waals surface area contributed by atoms with Crippen LogP contribution in [0, 0.1) is 0 Å². The van der Waals surface area contributed by atoms with Crippen molar-refractivity contribution in [1.29, 1.82) is 0 Å². The molecule has 0 atom stereocenters. The molecule has 2 aliphatic rings. The molecule has 17 rings (SSSR count). The number of nitrogens with zero attached hydrogens (tertiary/aromatic N) is 2. The zero-order valence-electron chi connectivity index (χ0n) is 63.7. The summed E-state index contributed by atoms with van der Waals surface area (Å²) in [6.45, 7) is 35.0. The number of fused-ring (bicyclic) bond motifs is 4. The van der Waals surface area contributed by atoms with Crippen molar-refractivity contribution < 1.29 is 0 Å². The highest BCUT2D eigenvalue weighted by Gasteiger charge is 2.46. The highest BCUT2D eigenvalue weighted by molar-refractivity contribution is 7.00. The van der Waals surface area contributed by atoms with Gasteiger partial charge in [0.1, 0.15) is 0 Å². The Kier molecular flexibility index (Phi) is 15.9. The van der Waals surface area contributed by atoms with Crippen molar-refractivity contribution in [3.05, 3.63) is 319 Å². The molecule has 3 heteroatoms. The summed E-state index contributed by atoms with van der Waals surface area (Å²) in [7, 11) is 0. The molecule has 0 saturated carbocycles. The van der Waals surface area contributed by atoms with Crippen LogP contribution in [-0.4, -0.2) is 6.71 Å². The van der Waals surface area contributed by atoms with E-state index in [0.29, 0.717) is 0 Å². The Labute approximate surface area is 623 Å². The van der Waals surface area contributed by atoms with Crippen molar-refractivity contribution in [3.63, 3.8) is 0 Å². The zero-order valence-corrected chi connectivity index (χ0v) is 63.7. The Hall–Kier alpha value is -11.0. The lowest BCUT2D eigenvalue weighted by Gasteiger charge is -2.46.